The molecule has 1 saturated heterocycles. The van der Waals surface area contributed by atoms with Gasteiger partial charge in [0.15, 0.2) is 9.84 Å². The third-order valence-electron chi connectivity index (χ3n) is 2.45. The highest BCUT2D eigenvalue weighted by Crippen LogP contribution is 2.20. The molecule has 0 unspecified atom stereocenters. The van der Waals surface area contributed by atoms with E-state index in [9.17, 15) is 13.5 Å². The summed E-state index contributed by atoms with van der Waals surface area (Å²) in [5.74, 6) is 0.618. The first-order valence-electron chi connectivity index (χ1n) is 4.81. The molecule has 0 bridgehead atoms. The van der Waals surface area contributed by atoms with Crippen LogP contribution in [0.3, 0.4) is 0 Å². The summed E-state index contributed by atoms with van der Waals surface area (Å²) in [6, 6.07) is 6.67. The Morgan fingerprint density at radius 2 is 2.20 bits per heavy atom. The van der Waals surface area contributed by atoms with Crippen LogP contribution in [0.1, 0.15) is 6.42 Å². The first-order valence-corrected chi connectivity index (χ1v) is 6.63. The van der Waals surface area contributed by atoms with Crippen LogP contribution in [-0.4, -0.2) is 31.1 Å². The smallest absolute Gasteiger partial charge is 0.152 e. The minimum atomic E-state index is -2.85. The third-order valence-corrected chi connectivity index (χ3v) is 4.22. The van der Waals surface area contributed by atoms with E-state index in [0.717, 1.165) is 5.69 Å². The van der Waals surface area contributed by atoms with Crippen molar-refractivity contribution in [3.63, 3.8) is 0 Å². The average Bonchev–Trinajstić information content (AvgIpc) is 2.45. The van der Waals surface area contributed by atoms with Gasteiger partial charge in [-0.3, -0.25) is 0 Å². The molecule has 82 valence electrons. The van der Waals surface area contributed by atoms with E-state index in [1.54, 1.807) is 18.2 Å². The second-order valence-electron chi connectivity index (χ2n) is 3.79. The average molecular weight is 227 g/mol. The SMILES string of the molecule is O=S1(=O)CC[C@H](Nc2cccc(O)c2)C1. The molecular formula is C10H13NO3S. The molecule has 0 saturated carbocycles. The van der Waals surface area contributed by atoms with Gasteiger partial charge in [0.2, 0.25) is 0 Å². The zero-order chi connectivity index (χ0) is 10.9. The predicted octanol–water partition coefficient (Wildman–Crippen LogP) is 0.991. The molecule has 1 atom stereocenters. The van der Waals surface area contributed by atoms with Gasteiger partial charge in [-0.1, -0.05) is 6.07 Å². The zero-order valence-corrected chi connectivity index (χ0v) is 9.00. The summed E-state index contributed by atoms with van der Waals surface area (Å²) >= 11 is 0. The molecule has 0 aromatic heterocycles. The van der Waals surface area contributed by atoms with Crippen molar-refractivity contribution in [2.75, 3.05) is 16.8 Å². The van der Waals surface area contributed by atoms with Crippen LogP contribution in [0.4, 0.5) is 5.69 Å². The van der Waals surface area contributed by atoms with Gasteiger partial charge in [-0.25, -0.2) is 8.42 Å². The molecule has 1 fully saturated rings. The molecule has 0 aliphatic carbocycles. The number of sulfone groups is 1. The Kier molecular flexibility index (Phi) is 2.56. The molecule has 5 heteroatoms. The fourth-order valence-electron chi connectivity index (χ4n) is 1.74. The topological polar surface area (TPSA) is 66.4 Å². The maximum absolute atomic E-state index is 11.2. The van der Waals surface area contributed by atoms with Gasteiger partial charge in [0.25, 0.3) is 0 Å². The number of nitrogens with one attached hydrogen (secondary N) is 1. The molecule has 0 spiro atoms. The first-order chi connectivity index (χ1) is 7.05. The third kappa shape index (κ3) is 2.62. The van der Waals surface area contributed by atoms with E-state index in [-0.39, 0.29) is 23.3 Å². The van der Waals surface area contributed by atoms with Gasteiger partial charge in [0.1, 0.15) is 5.75 Å². The highest BCUT2D eigenvalue weighted by Gasteiger charge is 2.27. The Bertz CT molecular complexity index is 455. The van der Waals surface area contributed by atoms with Crippen molar-refractivity contribution in [2.45, 2.75) is 12.5 Å². The second-order valence-corrected chi connectivity index (χ2v) is 6.02. The van der Waals surface area contributed by atoms with Gasteiger partial charge in [-0.05, 0) is 18.6 Å². The zero-order valence-electron chi connectivity index (χ0n) is 8.18. The van der Waals surface area contributed by atoms with Gasteiger partial charge in [0, 0.05) is 17.8 Å². The number of anilines is 1. The molecule has 2 N–H and O–H groups in total. The number of benzene rings is 1. The lowest BCUT2D eigenvalue weighted by Gasteiger charge is -2.12. The Morgan fingerprint density at radius 1 is 1.40 bits per heavy atom. The number of aromatic hydroxyl groups is 1. The number of phenols is 1. The van der Waals surface area contributed by atoms with E-state index >= 15 is 0 Å². The number of rotatable bonds is 2. The Labute approximate surface area is 88.9 Å². The molecule has 1 aliphatic heterocycles. The summed E-state index contributed by atoms with van der Waals surface area (Å²) in [4.78, 5) is 0. The Hall–Kier alpha value is -1.23. The fourth-order valence-corrected chi connectivity index (χ4v) is 3.41. The van der Waals surface area contributed by atoms with Crippen LogP contribution in [0.15, 0.2) is 24.3 Å². The van der Waals surface area contributed by atoms with Crippen LogP contribution < -0.4 is 5.32 Å². The van der Waals surface area contributed by atoms with Crippen LogP contribution in [0.2, 0.25) is 0 Å². The molecule has 2 rings (SSSR count). The minimum Gasteiger partial charge on any atom is -0.508 e. The second kappa shape index (κ2) is 3.73. The van der Waals surface area contributed by atoms with Crippen molar-refractivity contribution < 1.29 is 13.5 Å². The van der Waals surface area contributed by atoms with Crippen LogP contribution in [0, 0.1) is 0 Å². The first kappa shape index (κ1) is 10.3. The van der Waals surface area contributed by atoms with Gasteiger partial charge >= 0.3 is 0 Å². The lowest BCUT2D eigenvalue weighted by molar-refractivity contribution is 0.475. The molecule has 0 amide bonds. The van der Waals surface area contributed by atoms with E-state index in [4.69, 9.17) is 0 Å². The Balaban J connectivity index is 2.05. The standard InChI is InChI=1S/C10H13NO3S/c12-10-3-1-2-8(6-10)11-9-4-5-15(13,14)7-9/h1-3,6,9,11-12H,4-5,7H2/t9-/m0/s1. The van der Waals surface area contributed by atoms with Crippen molar-refractivity contribution in [1.29, 1.82) is 0 Å². The van der Waals surface area contributed by atoms with Crippen molar-refractivity contribution in [3.8, 4) is 5.75 Å². The molecular weight excluding hydrogens is 214 g/mol. The summed E-state index contributed by atoms with van der Waals surface area (Å²) in [6.07, 6.45) is 0.637. The van der Waals surface area contributed by atoms with E-state index in [2.05, 4.69) is 5.32 Å². The van der Waals surface area contributed by atoms with Crippen molar-refractivity contribution in [1.82, 2.24) is 0 Å². The molecule has 1 heterocycles. The maximum Gasteiger partial charge on any atom is 0.152 e. The molecule has 1 aromatic rings. The normalized spacial score (nSPS) is 23.9. The van der Waals surface area contributed by atoms with Crippen molar-refractivity contribution in [2.24, 2.45) is 0 Å². The number of hydrogen-bond donors (Lipinski definition) is 2. The van der Waals surface area contributed by atoms with E-state index in [0.29, 0.717) is 6.42 Å². The maximum atomic E-state index is 11.2. The minimum absolute atomic E-state index is 0.0307. The molecule has 1 aliphatic rings. The van der Waals surface area contributed by atoms with Crippen molar-refractivity contribution >= 4 is 15.5 Å². The van der Waals surface area contributed by atoms with Gasteiger partial charge in [0.05, 0.1) is 11.5 Å². The van der Waals surface area contributed by atoms with Crippen LogP contribution in [0.5, 0.6) is 5.75 Å². The summed E-state index contributed by atoms with van der Waals surface area (Å²) in [5, 5.41) is 12.3. The van der Waals surface area contributed by atoms with E-state index in [1.807, 2.05) is 6.07 Å². The van der Waals surface area contributed by atoms with Crippen LogP contribution in [0.25, 0.3) is 0 Å². The van der Waals surface area contributed by atoms with Crippen LogP contribution in [-0.2, 0) is 9.84 Å². The molecule has 4 nitrogen and oxygen atoms in total. The summed E-state index contributed by atoms with van der Waals surface area (Å²) < 4.78 is 22.4. The largest absolute Gasteiger partial charge is 0.508 e. The molecule has 15 heavy (non-hydrogen) atoms. The summed E-state index contributed by atoms with van der Waals surface area (Å²) in [5.41, 5.74) is 0.761. The quantitative estimate of drug-likeness (QED) is 0.790. The van der Waals surface area contributed by atoms with E-state index in [1.165, 1.54) is 0 Å². The Morgan fingerprint density at radius 3 is 2.80 bits per heavy atom. The molecule has 1 aromatic carbocycles. The lowest BCUT2D eigenvalue weighted by Crippen LogP contribution is -2.20. The fraction of sp³-hybridized carbons (Fsp3) is 0.400. The highest BCUT2D eigenvalue weighted by atomic mass is 32.2. The van der Waals surface area contributed by atoms with Gasteiger partial charge in [-0.15, -0.1) is 0 Å². The van der Waals surface area contributed by atoms with Gasteiger partial charge < -0.3 is 10.4 Å². The van der Waals surface area contributed by atoms with Gasteiger partial charge in [-0.2, -0.15) is 0 Å². The summed E-state index contributed by atoms with van der Waals surface area (Å²) in [7, 11) is -2.85. The monoisotopic (exact) mass is 227 g/mol. The summed E-state index contributed by atoms with van der Waals surface area (Å²) in [6.45, 7) is 0. The van der Waals surface area contributed by atoms with Crippen molar-refractivity contribution in [3.05, 3.63) is 24.3 Å². The highest BCUT2D eigenvalue weighted by molar-refractivity contribution is 7.91. The molecule has 0 radical (unpaired) electrons. The van der Waals surface area contributed by atoms with Crippen LogP contribution >= 0.6 is 0 Å². The number of hydrogen-bond acceptors (Lipinski definition) is 4. The number of phenolic OH excluding ortho intramolecular Hbond substituents is 1. The van der Waals surface area contributed by atoms with E-state index < -0.39 is 9.84 Å². The predicted molar refractivity (Wildman–Crippen MR) is 58.8 cm³/mol. The lowest BCUT2D eigenvalue weighted by atomic mass is 10.2.